The van der Waals surface area contributed by atoms with E-state index in [1.165, 1.54) is 0 Å². The van der Waals surface area contributed by atoms with Gasteiger partial charge in [-0.3, -0.25) is 0 Å². The molecule has 0 radical (unpaired) electrons. The van der Waals surface area contributed by atoms with Crippen molar-refractivity contribution < 1.29 is 4.57 Å². The van der Waals surface area contributed by atoms with Crippen LogP contribution >= 0.6 is 7.14 Å². The molecule has 0 saturated carbocycles. The van der Waals surface area contributed by atoms with Crippen LogP contribution in [-0.4, -0.2) is 18.5 Å². The average molecular weight is 134 g/mol. The zero-order valence-electron chi connectivity index (χ0n) is 6.14. The molecule has 0 aromatic heterocycles. The third kappa shape index (κ3) is 2.00. The molecule has 0 aliphatic carbocycles. The molecule has 0 heterocycles. The second kappa shape index (κ2) is 2.68. The van der Waals surface area contributed by atoms with Crippen LogP contribution in [0.5, 0.6) is 0 Å². The first-order valence-corrected chi connectivity index (χ1v) is 5.47. The number of hydrogen-bond acceptors (Lipinski definition) is 1. The maximum atomic E-state index is 11.3. The van der Waals surface area contributed by atoms with Gasteiger partial charge in [-0.1, -0.05) is 20.8 Å². The molecule has 8 heavy (non-hydrogen) atoms. The first-order chi connectivity index (χ1) is 3.50. The molecule has 0 aromatic rings. The molecule has 50 valence electrons. The van der Waals surface area contributed by atoms with Crippen molar-refractivity contribution in [2.75, 3.05) is 12.8 Å². The summed E-state index contributed by atoms with van der Waals surface area (Å²) in [7, 11) is -1.75. The molecule has 2 heteroatoms. The Kier molecular flexibility index (Phi) is 2.76. The fourth-order valence-corrected chi connectivity index (χ4v) is 1.10. The van der Waals surface area contributed by atoms with Gasteiger partial charge in [-0.25, -0.2) is 0 Å². The number of rotatable bonds is 2. The molecule has 1 nitrogen and oxygen atoms in total. The third-order valence-corrected chi connectivity index (χ3v) is 5.16. The Labute approximate surface area is 51.9 Å². The molecule has 0 aromatic carbocycles. The van der Waals surface area contributed by atoms with Crippen LogP contribution in [0.15, 0.2) is 0 Å². The summed E-state index contributed by atoms with van der Waals surface area (Å²) in [5.74, 6) is 0. The molecule has 0 aliphatic heterocycles. The van der Waals surface area contributed by atoms with Crippen LogP contribution in [0.3, 0.4) is 0 Å². The highest BCUT2D eigenvalue weighted by Gasteiger charge is 2.15. The molecule has 0 amide bonds. The minimum atomic E-state index is -1.75. The first kappa shape index (κ1) is 8.23. The third-order valence-electron chi connectivity index (χ3n) is 1.72. The zero-order chi connectivity index (χ0) is 6.78. The summed E-state index contributed by atoms with van der Waals surface area (Å²) in [5.41, 5.74) is 0.368. The van der Waals surface area contributed by atoms with E-state index in [9.17, 15) is 4.57 Å². The summed E-state index contributed by atoms with van der Waals surface area (Å²) in [6.07, 6.45) is 0.838. The Balaban J connectivity index is 3.93. The minimum absolute atomic E-state index is 0.368. The molecular weight excluding hydrogens is 119 g/mol. The largest absolute Gasteiger partial charge is 0.324 e. The fourth-order valence-electron chi connectivity index (χ4n) is 0.365. The highest BCUT2D eigenvalue weighted by molar-refractivity contribution is 7.63. The van der Waals surface area contributed by atoms with Crippen molar-refractivity contribution in [3.63, 3.8) is 0 Å². The fraction of sp³-hybridized carbons (Fsp3) is 1.00. The molecule has 0 spiro atoms. The second-order valence-corrected chi connectivity index (χ2v) is 6.60. The van der Waals surface area contributed by atoms with Gasteiger partial charge in [0.05, 0.1) is 7.14 Å². The molecule has 0 fully saturated rings. The van der Waals surface area contributed by atoms with Crippen molar-refractivity contribution in [1.29, 1.82) is 0 Å². The predicted octanol–water partition coefficient (Wildman–Crippen LogP) is 2.41. The van der Waals surface area contributed by atoms with Crippen molar-refractivity contribution in [2.45, 2.75) is 26.4 Å². The molecule has 0 aliphatic rings. The van der Waals surface area contributed by atoms with Crippen molar-refractivity contribution in [3.05, 3.63) is 0 Å². The summed E-state index contributed by atoms with van der Waals surface area (Å²) in [6.45, 7) is 7.90. The van der Waals surface area contributed by atoms with Gasteiger partial charge in [0, 0.05) is 5.66 Å². The second-order valence-electron chi connectivity index (χ2n) is 2.58. The highest BCUT2D eigenvalue weighted by atomic mass is 31.2. The quantitative estimate of drug-likeness (QED) is 0.530. The van der Waals surface area contributed by atoms with Gasteiger partial charge in [-0.15, -0.1) is 0 Å². The van der Waals surface area contributed by atoms with E-state index < -0.39 is 7.14 Å². The smallest absolute Gasteiger partial charge is 0.0869 e. The van der Waals surface area contributed by atoms with Crippen LogP contribution < -0.4 is 0 Å². The Morgan fingerprint density at radius 2 is 1.88 bits per heavy atom. The maximum Gasteiger partial charge on any atom is 0.0869 e. The van der Waals surface area contributed by atoms with Gasteiger partial charge >= 0.3 is 0 Å². The van der Waals surface area contributed by atoms with E-state index in [0.29, 0.717) is 5.66 Å². The number of hydrogen-bond donors (Lipinski definition) is 0. The van der Waals surface area contributed by atoms with Crippen LogP contribution in [0.4, 0.5) is 0 Å². The van der Waals surface area contributed by atoms with E-state index in [-0.39, 0.29) is 0 Å². The van der Waals surface area contributed by atoms with Crippen LogP contribution in [0.25, 0.3) is 0 Å². The average Bonchev–Trinajstić information content (AvgIpc) is 1.67. The highest BCUT2D eigenvalue weighted by Crippen LogP contribution is 2.45. The first-order valence-electron chi connectivity index (χ1n) is 3.07. The summed E-state index contributed by atoms with van der Waals surface area (Å²) < 4.78 is 11.3. The molecular formula is C6H15OP. The molecule has 1 unspecified atom stereocenters. The lowest BCUT2D eigenvalue weighted by Crippen LogP contribution is -1.97. The van der Waals surface area contributed by atoms with Gasteiger partial charge in [0.1, 0.15) is 0 Å². The van der Waals surface area contributed by atoms with Crippen molar-refractivity contribution in [3.8, 4) is 0 Å². The van der Waals surface area contributed by atoms with Crippen LogP contribution in [-0.2, 0) is 4.57 Å². The van der Waals surface area contributed by atoms with E-state index in [0.717, 1.165) is 6.16 Å². The van der Waals surface area contributed by atoms with Gasteiger partial charge in [0.25, 0.3) is 0 Å². The molecule has 0 rings (SSSR count). The molecule has 0 bridgehead atoms. The van der Waals surface area contributed by atoms with Gasteiger partial charge < -0.3 is 4.57 Å². The summed E-state index contributed by atoms with van der Waals surface area (Å²) in [4.78, 5) is 0. The van der Waals surface area contributed by atoms with Crippen LogP contribution in [0.1, 0.15) is 20.8 Å². The Morgan fingerprint density at radius 1 is 1.50 bits per heavy atom. The van der Waals surface area contributed by atoms with Gasteiger partial charge in [-0.2, -0.15) is 0 Å². The minimum Gasteiger partial charge on any atom is -0.324 e. The van der Waals surface area contributed by atoms with Crippen LogP contribution in [0.2, 0.25) is 0 Å². The van der Waals surface area contributed by atoms with Crippen molar-refractivity contribution in [2.24, 2.45) is 0 Å². The Hall–Kier alpha value is 0.230. The monoisotopic (exact) mass is 134 g/mol. The lowest BCUT2D eigenvalue weighted by atomic mass is 10.6. The topological polar surface area (TPSA) is 17.1 Å². The SMILES string of the molecule is CCP(C)(=O)C(C)C. The standard InChI is InChI=1S/C6H15OP/c1-5-8(4,7)6(2)3/h6H,5H2,1-4H3. The van der Waals surface area contributed by atoms with E-state index in [1.807, 2.05) is 27.4 Å². The predicted molar refractivity (Wildman–Crippen MR) is 39.2 cm³/mol. The van der Waals surface area contributed by atoms with E-state index in [2.05, 4.69) is 0 Å². The lowest BCUT2D eigenvalue weighted by molar-refractivity contribution is 0.573. The molecule has 0 saturated heterocycles. The van der Waals surface area contributed by atoms with E-state index >= 15 is 0 Å². The van der Waals surface area contributed by atoms with Gasteiger partial charge in [0.15, 0.2) is 0 Å². The van der Waals surface area contributed by atoms with Gasteiger partial charge in [0.2, 0.25) is 0 Å². The normalized spacial score (nSPS) is 18.6. The molecule has 1 atom stereocenters. The summed E-state index contributed by atoms with van der Waals surface area (Å²) >= 11 is 0. The maximum absolute atomic E-state index is 11.3. The van der Waals surface area contributed by atoms with Gasteiger partial charge in [-0.05, 0) is 12.8 Å². The zero-order valence-corrected chi connectivity index (χ0v) is 7.03. The summed E-state index contributed by atoms with van der Waals surface area (Å²) in [5, 5.41) is 0. The lowest BCUT2D eigenvalue weighted by Gasteiger charge is -2.13. The van der Waals surface area contributed by atoms with Crippen molar-refractivity contribution >= 4 is 7.14 Å². The Morgan fingerprint density at radius 3 is 1.88 bits per heavy atom. The Bertz CT molecular complexity index is 107. The molecule has 0 N–H and O–H groups in total. The van der Waals surface area contributed by atoms with E-state index in [4.69, 9.17) is 0 Å². The van der Waals surface area contributed by atoms with E-state index in [1.54, 1.807) is 0 Å². The van der Waals surface area contributed by atoms with Crippen molar-refractivity contribution in [1.82, 2.24) is 0 Å². The summed E-state index contributed by atoms with van der Waals surface area (Å²) in [6, 6.07) is 0. The van der Waals surface area contributed by atoms with Crippen LogP contribution in [0, 0.1) is 0 Å².